The van der Waals surface area contributed by atoms with Crippen LogP contribution in [0.25, 0.3) is 12.2 Å². The molecule has 1 saturated heterocycles. The standard InChI is InChI=1S/C26H28FN3O4S/c1-19-25(24(34-28-19)15-14-21-11-6-7-13-23(21)27)35(32,33)30-16-8-12-22(18-30)26(31)29(2)17-20-9-4-3-5-10-20/h3-7,9-11,13-15,22H,8,12,16-18H2,1-2H3/b15-14+. The third-order valence-corrected chi connectivity index (χ3v) is 8.15. The molecule has 9 heteroatoms. The Morgan fingerprint density at radius 2 is 1.89 bits per heavy atom. The fraction of sp³-hybridized carbons (Fsp3) is 0.308. The Morgan fingerprint density at radius 1 is 1.17 bits per heavy atom. The molecule has 1 unspecified atom stereocenters. The van der Waals surface area contributed by atoms with Crippen molar-refractivity contribution in [3.63, 3.8) is 0 Å². The van der Waals surface area contributed by atoms with E-state index >= 15 is 0 Å². The molecular formula is C26H28FN3O4S. The van der Waals surface area contributed by atoms with Crippen molar-refractivity contribution in [1.29, 1.82) is 0 Å². The van der Waals surface area contributed by atoms with Crippen LogP contribution in [0.1, 0.15) is 35.4 Å². The summed E-state index contributed by atoms with van der Waals surface area (Å²) < 4.78 is 47.8. The third-order valence-electron chi connectivity index (χ3n) is 6.12. The van der Waals surface area contributed by atoms with Crippen LogP contribution < -0.4 is 0 Å². The van der Waals surface area contributed by atoms with Gasteiger partial charge in [-0.25, -0.2) is 12.8 Å². The van der Waals surface area contributed by atoms with E-state index in [1.165, 1.54) is 22.5 Å². The zero-order valence-electron chi connectivity index (χ0n) is 19.7. The van der Waals surface area contributed by atoms with Gasteiger partial charge in [0.05, 0.1) is 5.92 Å². The summed E-state index contributed by atoms with van der Waals surface area (Å²) in [5.74, 6) is -0.929. The van der Waals surface area contributed by atoms with Crippen LogP contribution in [0.4, 0.5) is 4.39 Å². The molecule has 1 amide bonds. The second-order valence-corrected chi connectivity index (χ2v) is 10.6. The predicted octanol–water partition coefficient (Wildman–Crippen LogP) is 4.35. The van der Waals surface area contributed by atoms with E-state index in [0.717, 1.165) is 5.56 Å². The molecule has 35 heavy (non-hydrogen) atoms. The molecule has 4 rings (SSSR count). The van der Waals surface area contributed by atoms with Gasteiger partial charge in [0.2, 0.25) is 15.9 Å². The topological polar surface area (TPSA) is 83.7 Å². The minimum atomic E-state index is -3.98. The van der Waals surface area contributed by atoms with E-state index in [-0.39, 0.29) is 28.8 Å². The molecule has 1 atom stereocenters. The van der Waals surface area contributed by atoms with E-state index in [2.05, 4.69) is 5.16 Å². The largest absolute Gasteiger partial charge is 0.355 e. The normalized spacial score (nSPS) is 17.1. The number of carbonyl (C=O) groups is 1. The number of carbonyl (C=O) groups excluding carboxylic acids is 1. The molecular weight excluding hydrogens is 469 g/mol. The summed E-state index contributed by atoms with van der Waals surface area (Å²) >= 11 is 0. The molecule has 2 aromatic carbocycles. The zero-order valence-corrected chi connectivity index (χ0v) is 20.5. The molecule has 0 aliphatic carbocycles. The molecule has 3 aromatic rings. The van der Waals surface area contributed by atoms with Crippen molar-refractivity contribution in [3.05, 3.63) is 83.0 Å². The first-order valence-corrected chi connectivity index (χ1v) is 12.9. The predicted molar refractivity (Wildman–Crippen MR) is 131 cm³/mol. The van der Waals surface area contributed by atoms with Gasteiger partial charge in [-0.05, 0) is 43.5 Å². The second kappa shape index (κ2) is 10.5. The van der Waals surface area contributed by atoms with Crippen molar-refractivity contribution in [2.24, 2.45) is 5.92 Å². The molecule has 0 bridgehead atoms. The van der Waals surface area contributed by atoms with Crippen LogP contribution in [-0.2, 0) is 21.4 Å². The van der Waals surface area contributed by atoms with Crippen molar-refractivity contribution in [2.75, 3.05) is 20.1 Å². The first-order chi connectivity index (χ1) is 16.8. The van der Waals surface area contributed by atoms with Gasteiger partial charge < -0.3 is 9.42 Å². The van der Waals surface area contributed by atoms with Crippen molar-refractivity contribution in [2.45, 2.75) is 31.2 Å². The van der Waals surface area contributed by atoms with Crippen LogP contribution in [0.15, 0.2) is 64.0 Å². The number of aryl methyl sites for hydroxylation is 1. The minimum Gasteiger partial charge on any atom is -0.355 e. The van der Waals surface area contributed by atoms with Gasteiger partial charge in [-0.15, -0.1) is 0 Å². The number of amides is 1. The molecule has 0 N–H and O–H groups in total. The lowest BCUT2D eigenvalue weighted by atomic mass is 9.98. The smallest absolute Gasteiger partial charge is 0.248 e. The minimum absolute atomic E-state index is 0.0281. The molecule has 1 aliphatic rings. The lowest BCUT2D eigenvalue weighted by molar-refractivity contribution is -0.135. The Labute approximate surface area is 204 Å². The average molecular weight is 498 g/mol. The van der Waals surface area contributed by atoms with Crippen LogP contribution in [0.5, 0.6) is 0 Å². The number of halogens is 1. The Hall–Kier alpha value is -3.30. The van der Waals surface area contributed by atoms with Crippen molar-refractivity contribution < 1.29 is 22.1 Å². The highest BCUT2D eigenvalue weighted by molar-refractivity contribution is 7.89. The fourth-order valence-corrected chi connectivity index (χ4v) is 6.09. The summed E-state index contributed by atoms with van der Waals surface area (Å²) in [7, 11) is -2.25. The summed E-state index contributed by atoms with van der Waals surface area (Å²) in [6.45, 7) is 2.40. The summed E-state index contributed by atoms with van der Waals surface area (Å²) in [5.41, 5.74) is 1.53. The number of sulfonamides is 1. The van der Waals surface area contributed by atoms with E-state index < -0.39 is 21.8 Å². The fourth-order valence-electron chi connectivity index (χ4n) is 4.31. The molecule has 0 spiro atoms. The van der Waals surface area contributed by atoms with Crippen molar-refractivity contribution >= 4 is 28.1 Å². The third kappa shape index (κ3) is 5.52. The maximum absolute atomic E-state index is 14.0. The quantitative estimate of drug-likeness (QED) is 0.485. The molecule has 7 nitrogen and oxygen atoms in total. The molecule has 1 aromatic heterocycles. The van der Waals surface area contributed by atoms with Crippen LogP contribution in [0.3, 0.4) is 0 Å². The van der Waals surface area contributed by atoms with Gasteiger partial charge in [0.15, 0.2) is 10.7 Å². The summed E-state index contributed by atoms with van der Waals surface area (Å²) in [6.07, 6.45) is 4.05. The molecule has 0 radical (unpaired) electrons. The van der Waals surface area contributed by atoms with Gasteiger partial charge in [0.25, 0.3) is 0 Å². The van der Waals surface area contributed by atoms with E-state index in [9.17, 15) is 17.6 Å². The van der Waals surface area contributed by atoms with Gasteiger partial charge in [-0.2, -0.15) is 4.31 Å². The van der Waals surface area contributed by atoms with Crippen molar-refractivity contribution in [1.82, 2.24) is 14.4 Å². The lowest BCUT2D eigenvalue weighted by Crippen LogP contribution is -2.45. The Bertz CT molecular complexity index is 1320. The average Bonchev–Trinajstić information content (AvgIpc) is 3.24. The highest BCUT2D eigenvalue weighted by Gasteiger charge is 2.37. The van der Waals surface area contributed by atoms with Gasteiger partial charge in [-0.3, -0.25) is 4.79 Å². The number of aromatic nitrogens is 1. The first-order valence-electron chi connectivity index (χ1n) is 11.5. The van der Waals surface area contributed by atoms with Crippen LogP contribution in [-0.4, -0.2) is 48.8 Å². The SMILES string of the molecule is Cc1noc(/C=C/c2ccccc2F)c1S(=O)(=O)N1CCCC(C(=O)N(C)Cc2ccccc2)C1. The van der Waals surface area contributed by atoms with Crippen LogP contribution in [0.2, 0.25) is 0 Å². The monoisotopic (exact) mass is 497 g/mol. The molecule has 184 valence electrons. The maximum atomic E-state index is 14.0. The van der Waals surface area contributed by atoms with Crippen LogP contribution >= 0.6 is 0 Å². The Balaban J connectivity index is 1.52. The number of hydrogen-bond acceptors (Lipinski definition) is 5. The number of piperidine rings is 1. The highest BCUT2D eigenvalue weighted by atomic mass is 32.2. The molecule has 2 heterocycles. The zero-order chi connectivity index (χ0) is 25.0. The van der Waals surface area contributed by atoms with E-state index in [4.69, 9.17) is 4.52 Å². The Kier molecular flexibility index (Phi) is 7.47. The lowest BCUT2D eigenvalue weighted by Gasteiger charge is -2.33. The van der Waals surface area contributed by atoms with Gasteiger partial charge in [0.1, 0.15) is 11.5 Å². The van der Waals surface area contributed by atoms with Gasteiger partial charge in [-0.1, -0.05) is 53.7 Å². The maximum Gasteiger partial charge on any atom is 0.248 e. The summed E-state index contributed by atoms with van der Waals surface area (Å²) in [5, 5.41) is 3.84. The summed E-state index contributed by atoms with van der Waals surface area (Å²) in [4.78, 5) is 14.7. The number of benzene rings is 2. The van der Waals surface area contributed by atoms with E-state index in [1.807, 2.05) is 30.3 Å². The number of rotatable bonds is 7. The molecule has 1 fully saturated rings. The van der Waals surface area contributed by atoms with E-state index in [1.54, 1.807) is 37.1 Å². The van der Waals surface area contributed by atoms with E-state index in [0.29, 0.717) is 31.5 Å². The second-order valence-electron chi connectivity index (χ2n) is 8.70. The first kappa shape index (κ1) is 24.8. The van der Waals surface area contributed by atoms with Gasteiger partial charge >= 0.3 is 0 Å². The molecule has 0 saturated carbocycles. The van der Waals surface area contributed by atoms with Crippen molar-refractivity contribution in [3.8, 4) is 0 Å². The Morgan fingerprint density at radius 3 is 2.63 bits per heavy atom. The molecule has 1 aliphatic heterocycles. The number of nitrogens with zero attached hydrogens (tertiary/aromatic N) is 3. The number of hydrogen-bond donors (Lipinski definition) is 0. The van der Waals surface area contributed by atoms with Crippen LogP contribution in [0, 0.1) is 18.7 Å². The summed E-state index contributed by atoms with van der Waals surface area (Å²) in [6, 6.07) is 15.8. The van der Waals surface area contributed by atoms with Gasteiger partial charge in [0, 0.05) is 32.2 Å². The highest BCUT2D eigenvalue weighted by Crippen LogP contribution is 2.30.